The van der Waals surface area contributed by atoms with E-state index in [0.29, 0.717) is 31.2 Å². The third-order valence-corrected chi connectivity index (χ3v) is 7.04. The number of hydrogen-bond donors (Lipinski definition) is 0. The summed E-state index contributed by atoms with van der Waals surface area (Å²) >= 11 is 1.42. The number of pyridine rings is 1. The minimum atomic E-state index is -0.193. The van der Waals surface area contributed by atoms with Gasteiger partial charge in [0.25, 0.3) is 0 Å². The van der Waals surface area contributed by atoms with E-state index < -0.39 is 0 Å². The molecule has 1 atom stereocenters. The monoisotopic (exact) mass is 427 g/mol. The number of carbonyl (C=O) groups excluding carboxylic acids is 2. The van der Waals surface area contributed by atoms with Gasteiger partial charge in [-0.1, -0.05) is 17.4 Å². The maximum Gasteiger partial charge on any atom is 0.245 e. The summed E-state index contributed by atoms with van der Waals surface area (Å²) in [5, 5.41) is 9.95. The second kappa shape index (κ2) is 8.17. The van der Waals surface area contributed by atoms with E-state index in [-0.39, 0.29) is 17.9 Å². The highest BCUT2D eigenvalue weighted by Crippen LogP contribution is 2.34. The summed E-state index contributed by atoms with van der Waals surface area (Å²) in [5.41, 5.74) is 0. The van der Waals surface area contributed by atoms with Gasteiger partial charge >= 0.3 is 0 Å². The molecule has 0 bridgehead atoms. The minimum absolute atomic E-state index is 0.109. The molecule has 0 radical (unpaired) electrons. The molecule has 3 aliphatic heterocycles. The lowest BCUT2D eigenvalue weighted by Crippen LogP contribution is -2.54. The molecule has 30 heavy (non-hydrogen) atoms. The van der Waals surface area contributed by atoms with E-state index in [1.54, 1.807) is 11.1 Å². The smallest absolute Gasteiger partial charge is 0.245 e. The number of hydrogen-bond acceptors (Lipinski definition) is 8. The first-order valence-electron chi connectivity index (χ1n) is 10.6. The first-order valence-corrected chi connectivity index (χ1v) is 11.4. The fourth-order valence-corrected chi connectivity index (χ4v) is 5.41. The van der Waals surface area contributed by atoms with Gasteiger partial charge in [0.1, 0.15) is 11.9 Å². The zero-order chi connectivity index (χ0) is 20.5. The van der Waals surface area contributed by atoms with Crippen LogP contribution in [0.5, 0.6) is 0 Å². The second-order valence-electron chi connectivity index (χ2n) is 7.87. The van der Waals surface area contributed by atoms with Gasteiger partial charge in [-0.05, 0) is 31.4 Å². The van der Waals surface area contributed by atoms with Crippen molar-refractivity contribution in [3.05, 3.63) is 24.4 Å². The number of carbonyl (C=O) groups is 2. The van der Waals surface area contributed by atoms with Crippen molar-refractivity contribution in [1.82, 2.24) is 20.1 Å². The highest BCUT2D eigenvalue weighted by molar-refractivity contribution is 7.19. The first-order chi connectivity index (χ1) is 14.7. The molecule has 3 aliphatic rings. The minimum Gasteiger partial charge on any atom is -0.353 e. The Morgan fingerprint density at radius 2 is 1.83 bits per heavy atom. The summed E-state index contributed by atoms with van der Waals surface area (Å²) in [6.07, 6.45) is 5.03. The Morgan fingerprint density at radius 1 is 1.00 bits per heavy atom. The summed E-state index contributed by atoms with van der Waals surface area (Å²) < 4.78 is 0. The van der Waals surface area contributed by atoms with Crippen molar-refractivity contribution in [2.24, 2.45) is 0 Å². The quantitative estimate of drug-likeness (QED) is 0.729. The van der Waals surface area contributed by atoms with Crippen LogP contribution in [0.15, 0.2) is 24.4 Å². The van der Waals surface area contributed by atoms with Gasteiger partial charge in [-0.25, -0.2) is 4.98 Å². The summed E-state index contributed by atoms with van der Waals surface area (Å²) in [6.45, 7) is 4.47. The number of rotatable bonds is 4. The fraction of sp³-hybridized carbons (Fsp3) is 0.550. The zero-order valence-electron chi connectivity index (χ0n) is 16.8. The third-order valence-electron chi connectivity index (χ3n) is 6.06. The van der Waals surface area contributed by atoms with Gasteiger partial charge in [0, 0.05) is 51.9 Å². The van der Waals surface area contributed by atoms with Crippen molar-refractivity contribution in [1.29, 1.82) is 0 Å². The summed E-state index contributed by atoms with van der Waals surface area (Å²) in [4.78, 5) is 37.7. The summed E-state index contributed by atoms with van der Waals surface area (Å²) in [7, 11) is 0. The van der Waals surface area contributed by atoms with Crippen molar-refractivity contribution < 1.29 is 9.59 Å². The highest BCUT2D eigenvalue weighted by atomic mass is 32.1. The average Bonchev–Trinajstić information content (AvgIpc) is 3.54. The molecule has 10 heteroatoms. The van der Waals surface area contributed by atoms with E-state index in [2.05, 4.69) is 25.0 Å². The highest BCUT2D eigenvalue weighted by Gasteiger charge is 2.37. The van der Waals surface area contributed by atoms with E-state index in [1.807, 2.05) is 23.1 Å². The third kappa shape index (κ3) is 3.60. The normalized spacial score (nSPS) is 22.3. The lowest BCUT2D eigenvalue weighted by Gasteiger charge is -2.37. The Morgan fingerprint density at radius 3 is 2.57 bits per heavy atom. The first kappa shape index (κ1) is 19.2. The van der Waals surface area contributed by atoms with Gasteiger partial charge in [-0.3, -0.25) is 14.5 Å². The van der Waals surface area contributed by atoms with Crippen LogP contribution in [0.1, 0.15) is 25.7 Å². The predicted octanol–water partition coefficient (Wildman–Crippen LogP) is 1.38. The summed E-state index contributed by atoms with van der Waals surface area (Å²) in [5.74, 6) is 1.24. The Labute approximate surface area is 179 Å². The van der Waals surface area contributed by atoms with Crippen molar-refractivity contribution in [2.45, 2.75) is 31.7 Å². The maximum absolute atomic E-state index is 13.3. The van der Waals surface area contributed by atoms with Crippen LogP contribution in [0.2, 0.25) is 0 Å². The van der Waals surface area contributed by atoms with E-state index in [4.69, 9.17) is 0 Å². The van der Waals surface area contributed by atoms with Gasteiger partial charge in [-0.2, -0.15) is 0 Å². The largest absolute Gasteiger partial charge is 0.353 e. The van der Waals surface area contributed by atoms with Crippen molar-refractivity contribution >= 4 is 39.2 Å². The Kier molecular flexibility index (Phi) is 5.24. The van der Waals surface area contributed by atoms with Crippen LogP contribution in [0.25, 0.3) is 0 Å². The molecule has 5 rings (SSSR count). The van der Waals surface area contributed by atoms with Gasteiger partial charge in [0.15, 0.2) is 0 Å². The Hall–Kier alpha value is -2.75. The van der Waals surface area contributed by atoms with E-state index >= 15 is 0 Å². The van der Waals surface area contributed by atoms with Crippen LogP contribution in [-0.2, 0) is 9.59 Å². The Bertz CT molecular complexity index is 913. The lowest BCUT2D eigenvalue weighted by molar-refractivity contribution is -0.132. The molecule has 0 saturated carbocycles. The molecular weight excluding hydrogens is 402 g/mol. The number of piperazine rings is 1. The van der Waals surface area contributed by atoms with Crippen LogP contribution >= 0.6 is 11.3 Å². The SMILES string of the molecule is O=C([C@@H]1CCCN1c1nnc(N2CCCC2=O)s1)N1CCN(c2ccccn2)CC1. The number of nitrogens with zero attached hydrogens (tertiary/aromatic N) is 7. The van der Waals surface area contributed by atoms with Gasteiger partial charge < -0.3 is 14.7 Å². The van der Waals surface area contributed by atoms with Crippen LogP contribution in [-0.4, -0.2) is 77.2 Å². The van der Waals surface area contributed by atoms with Gasteiger partial charge in [0.05, 0.1) is 0 Å². The van der Waals surface area contributed by atoms with Crippen molar-refractivity contribution in [3.8, 4) is 0 Å². The molecule has 2 aromatic heterocycles. The Balaban J connectivity index is 1.24. The molecule has 0 unspecified atom stereocenters. The van der Waals surface area contributed by atoms with E-state index in [0.717, 1.165) is 49.8 Å². The van der Waals surface area contributed by atoms with Crippen molar-refractivity contribution in [2.75, 3.05) is 54.0 Å². The molecule has 5 heterocycles. The molecule has 3 fully saturated rings. The lowest BCUT2D eigenvalue weighted by atomic mass is 10.1. The average molecular weight is 428 g/mol. The molecule has 3 saturated heterocycles. The molecule has 9 nitrogen and oxygen atoms in total. The second-order valence-corrected chi connectivity index (χ2v) is 8.80. The van der Waals surface area contributed by atoms with Crippen LogP contribution < -0.4 is 14.7 Å². The maximum atomic E-state index is 13.3. The molecule has 0 aliphatic carbocycles. The van der Waals surface area contributed by atoms with Crippen LogP contribution in [0.3, 0.4) is 0 Å². The van der Waals surface area contributed by atoms with E-state index in [1.165, 1.54) is 11.3 Å². The molecule has 2 aromatic rings. The molecule has 0 N–H and O–H groups in total. The predicted molar refractivity (Wildman–Crippen MR) is 115 cm³/mol. The van der Waals surface area contributed by atoms with Gasteiger partial charge in [0.2, 0.25) is 22.1 Å². The number of amides is 2. The van der Waals surface area contributed by atoms with Gasteiger partial charge in [-0.15, -0.1) is 10.2 Å². The number of anilines is 3. The van der Waals surface area contributed by atoms with E-state index in [9.17, 15) is 9.59 Å². The molecule has 158 valence electrons. The molecule has 2 amide bonds. The fourth-order valence-electron chi connectivity index (χ4n) is 4.44. The number of aromatic nitrogens is 3. The molecule has 0 aromatic carbocycles. The topological polar surface area (TPSA) is 85.8 Å². The molecule has 0 spiro atoms. The molecular formula is C20H25N7O2S. The van der Waals surface area contributed by atoms with Crippen LogP contribution in [0, 0.1) is 0 Å². The zero-order valence-corrected chi connectivity index (χ0v) is 17.6. The van der Waals surface area contributed by atoms with Crippen LogP contribution in [0.4, 0.5) is 16.1 Å². The van der Waals surface area contributed by atoms with Crippen molar-refractivity contribution in [3.63, 3.8) is 0 Å². The standard InChI is InChI=1S/C20H25N7O2S/c28-17-7-4-10-27(17)20-23-22-19(30-20)26-9-3-5-15(26)18(29)25-13-11-24(12-14-25)16-6-1-2-8-21-16/h1-2,6,8,15H,3-5,7,9-14H2/t15-/m0/s1. The summed E-state index contributed by atoms with van der Waals surface area (Å²) in [6, 6.07) is 5.72.